The van der Waals surface area contributed by atoms with Crippen molar-refractivity contribution in [2.24, 2.45) is 5.73 Å². The zero-order valence-electron chi connectivity index (χ0n) is 10.8. The highest BCUT2D eigenvalue weighted by Crippen LogP contribution is 2.24. The van der Waals surface area contributed by atoms with E-state index in [4.69, 9.17) is 15.9 Å². The van der Waals surface area contributed by atoms with Crippen LogP contribution in [-0.4, -0.2) is 21.0 Å². The van der Waals surface area contributed by atoms with E-state index in [1.54, 1.807) is 12.1 Å². The maximum Gasteiger partial charge on any atom is 0.240 e. The van der Waals surface area contributed by atoms with Crippen molar-refractivity contribution in [2.75, 3.05) is 0 Å². The molecule has 100 valence electrons. The minimum Gasteiger partial charge on any atom is -0.419 e. The SMILES string of the molecule is Cc1cc(Oc2cc(C(=N)N)c3ccccc3n2)n[nH]1. The van der Waals surface area contributed by atoms with Crippen LogP contribution in [0.1, 0.15) is 11.3 Å². The Morgan fingerprint density at radius 1 is 1.25 bits per heavy atom. The summed E-state index contributed by atoms with van der Waals surface area (Å²) in [5.74, 6) is 0.770. The topological polar surface area (TPSA) is 101 Å². The van der Waals surface area contributed by atoms with Gasteiger partial charge in [0.25, 0.3) is 0 Å². The Labute approximate surface area is 115 Å². The lowest BCUT2D eigenvalue weighted by Crippen LogP contribution is -2.12. The number of nitrogens with zero attached hydrogens (tertiary/aromatic N) is 2. The molecule has 6 heteroatoms. The number of nitrogens with two attached hydrogens (primary N) is 1. The van der Waals surface area contributed by atoms with Crippen molar-refractivity contribution in [3.05, 3.63) is 47.7 Å². The first kappa shape index (κ1) is 12.2. The van der Waals surface area contributed by atoms with Crippen molar-refractivity contribution in [3.8, 4) is 11.8 Å². The molecule has 4 N–H and O–H groups in total. The van der Waals surface area contributed by atoms with E-state index in [0.29, 0.717) is 17.3 Å². The number of nitrogen functional groups attached to an aromatic ring is 1. The van der Waals surface area contributed by atoms with Gasteiger partial charge in [0, 0.05) is 28.8 Å². The summed E-state index contributed by atoms with van der Waals surface area (Å²) >= 11 is 0. The van der Waals surface area contributed by atoms with Crippen LogP contribution in [0.3, 0.4) is 0 Å². The van der Waals surface area contributed by atoms with Crippen molar-refractivity contribution < 1.29 is 4.74 Å². The highest BCUT2D eigenvalue weighted by Gasteiger charge is 2.10. The number of amidine groups is 1. The van der Waals surface area contributed by atoms with Gasteiger partial charge in [-0.3, -0.25) is 10.5 Å². The van der Waals surface area contributed by atoms with E-state index < -0.39 is 0 Å². The largest absolute Gasteiger partial charge is 0.419 e. The fourth-order valence-electron chi connectivity index (χ4n) is 1.98. The molecule has 3 rings (SSSR count). The average molecular weight is 267 g/mol. The molecule has 1 aromatic carbocycles. The smallest absolute Gasteiger partial charge is 0.240 e. The molecule has 3 aromatic rings. The zero-order chi connectivity index (χ0) is 14.1. The van der Waals surface area contributed by atoms with Crippen LogP contribution < -0.4 is 10.5 Å². The molecule has 0 saturated heterocycles. The summed E-state index contributed by atoms with van der Waals surface area (Å²) in [4.78, 5) is 4.39. The van der Waals surface area contributed by atoms with Gasteiger partial charge in [0.05, 0.1) is 5.52 Å². The summed E-state index contributed by atoms with van der Waals surface area (Å²) in [7, 11) is 0. The molecular formula is C14H13N5O. The van der Waals surface area contributed by atoms with E-state index in [1.807, 2.05) is 31.2 Å². The number of H-pyrrole nitrogens is 1. The lowest BCUT2D eigenvalue weighted by Gasteiger charge is -2.08. The summed E-state index contributed by atoms with van der Waals surface area (Å²) in [6, 6.07) is 10.9. The maximum absolute atomic E-state index is 7.67. The van der Waals surface area contributed by atoms with Gasteiger partial charge < -0.3 is 10.5 Å². The van der Waals surface area contributed by atoms with Crippen LogP contribution in [0.15, 0.2) is 36.4 Å². The number of nitrogens with one attached hydrogen (secondary N) is 2. The van der Waals surface area contributed by atoms with Crippen molar-refractivity contribution in [1.29, 1.82) is 5.41 Å². The second-order valence-corrected chi connectivity index (χ2v) is 4.43. The second-order valence-electron chi connectivity index (χ2n) is 4.43. The summed E-state index contributed by atoms with van der Waals surface area (Å²) in [6.07, 6.45) is 0. The number of pyridine rings is 1. The molecule has 20 heavy (non-hydrogen) atoms. The number of hydrogen-bond donors (Lipinski definition) is 3. The van der Waals surface area contributed by atoms with Crippen molar-refractivity contribution in [3.63, 3.8) is 0 Å². The zero-order valence-corrected chi connectivity index (χ0v) is 10.8. The highest BCUT2D eigenvalue weighted by molar-refractivity contribution is 6.06. The summed E-state index contributed by atoms with van der Waals surface area (Å²) < 4.78 is 5.59. The van der Waals surface area contributed by atoms with Gasteiger partial charge in [0.1, 0.15) is 5.84 Å². The molecular weight excluding hydrogens is 254 g/mol. The van der Waals surface area contributed by atoms with Crippen LogP contribution in [0.2, 0.25) is 0 Å². The number of rotatable bonds is 3. The molecule has 0 aliphatic carbocycles. The van der Waals surface area contributed by atoms with Crippen LogP contribution in [0.25, 0.3) is 10.9 Å². The first-order chi connectivity index (χ1) is 9.63. The van der Waals surface area contributed by atoms with E-state index in [2.05, 4.69) is 15.2 Å². The first-order valence-electron chi connectivity index (χ1n) is 6.07. The number of aromatic amines is 1. The van der Waals surface area contributed by atoms with Gasteiger partial charge in [-0.1, -0.05) is 18.2 Å². The number of para-hydroxylation sites is 1. The van der Waals surface area contributed by atoms with Crippen LogP contribution in [0.5, 0.6) is 11.8 Å². The van der Waals surface area contributed by atoms with Gasteiger partial charge in [-0.2, -0.15) is 0 Å². The molecule has 6 nitrogen and oxygen atoms in total. The number of aryl methyl sites for hydroxylation is 1. The molecule has 0 aliphatic heterocycles. The third-order valence-corrected chi connectivity index (χ3v) is 2.87. The summed E-state index contributed by atoms with van der Waals surface area (Å²) in [5.41, 5.74) is 7.84. The molecule has 0 unspecified atom stereocenters. The van der Waals surface area contributed by atoms with Crippen molar-refractivity contribution in [1.82, 2.24) is 15.2 Å². The molecule has 0 spiro atoms. The minimum absolute atomic E-state index is 0.0216. The molecule has 0 aliphatic rings. The van der Waals surface area contributed by atoms with Gasteiger partial charge in [0.2, 0.25) is 11.8 Å². The Bertz CT molecular complexity index is 793. The van der Waals surface area contributed by atoms with Crippen LogP contribution in [0.4, 0.5) is 0 Å². The molecule has 0 radical (unpaired) electrons. The summed E-state index contributed by atoms with van der Waals surface area (Å²) in [5, 5.41) is 15.3. The quantitative estimate of drug-likeness (QED) is 0.500. The van der Waals surface area contributed by atoms with E-state index in [0.717, 1.165) is 16.6 Å². The monoisotopic (exact) mass is 267 g/mol. The third-order valence-electron chi connectivity index (χ3n) is 2.87. The van der Waals surface area contributed by atoms with Crippen molar-refractivity contribution >= 4 is 16.7 Å². The number of hydrogen-bond acceptors (Lipinski definition) is 4. The average Bonchev–Trinajstić information content (AvgIpc) is 2.83. The van der Waals surface area contributed by atoms with E-state index in [1.165, 1.54) is 0 Å². The number of aromatic nitrogens is 3. The second kappa shape index (κ2) is 4.65. The Kier molecular flexibility index (Phi) is 2.83. The van der Waals surface area contributed by atoms with E-state index >= 15 is 0 Å². The Hall–Kier alpha value is -2.89. The van der Waals surface area contributed by atoms with Crippen LogP contribution in [0, 0.1) is 12.3 Å². The normalized spacial score (nSPS) is 10.7. The van der Waals surface area contributed by atoms with Gasteiger partial charge in [-0.05, 0) is 13.0 Å². The summed E-state index contributed by atoms with van der Waals surface area (Å²) in [6.45, 7) is 1.88. The third kappa shape index (κ3) is 2.18. The maximum atomic E-state index is 7.67. The minimum atomic E-state index is -0.0216. The predicted octanol–water partition coefficient (Wildman–Crippen LogP) is 2.34. The number of fused-ring (bicyclic) bond motifs is 1. The predicted molar refractivity (Wildman–Crippen MR) is 76.2 cm³/mol. The lowest BCUT2D eigenvalue weighted by atomic mass is 10.1. The van der Waals surface area contributed by atoms with Crippen molar-refractivity contribution in [2.45, 2.75) is 6.92 Å². The Morgan fingerprint density at radius 2 is 2.05 bits per heavy atom. The van der Waals surface area contributed by atoms with Gasteiger partial charge in [-0.25, -0.2) is 4.98 Å². The van der Waals surface area contributed by atoms with Gasteiger partial charge in [0.15, 0.2) is 0 Å². The van der Waals surface area contributed by atoms with Gasteiger partial charge in [-0.15, -0.1) is 5.10 Å². The number of ether oxygens (including phenoxy) is 1. The standard InChI is InChI=1S/C14H13N5O/c1-8-6-13(19-18-8)20-12-7-10(14(15)16)9-4-2-3-5-11(9)17-12/h2-7H,1H3,(H3,15,16)(H,18,19). The molecule has 0 atom stereocenters. The number of benzene rings is 1. The fourth-order valence-corrected chi connectivity index (χ4v) is 1.98. The highest BCUT2D eigenvalue weighted by atomic mass is 16.5. The molecule has 2 aromatic heterocycles. The molecule has 0 bridgehead atoms. The van der Waals surface area contributed by atoms with Crippen LogP contribution in [-0.2, 0) is 0 Å². The van der Waals surface area contributed by atoms with E-state index in [-0.39, 0.29) is 5.84 Å². The Balaban J connectivity index is 2.10. The van der Waals surface area contributed by atoms with E-state index in [9.17, 15) is 0 Å². The lowest BCUT2D eigenvalue weighted by molar-refractivity contribution is 0.445. The fraction of sp³-hybridized carbons (Fsp3) is 0.0714. The molecule has 0 fully saturated rings. The Morgan fingerprint density at radius 3 is 2.75 bits per heavy atom. The van der Waals surface area contributed by atoms with Crippen LogP contribution >= 0.6 is 0 Å². The first-order valence-corrected chi connectivity index (χ1v) is 6.07. The van der Waals surface area contributed by atoms with Gasteiger partial charge >= 0.3 is 0 Å². The molecule has 0 amide bonds. The molecule has 2 heterocycles. The molecule has 0 saturated carbocycles.